The van der Waals surface area contributed by atoms with Crippen molar-refractivity contribution in [1.82, 2.24) is 14.0 Å². The highest BCUT2D eigenvalue weighted by Gasteiger charge is 2.24. The van der Waals surface area contributed by atoms with Crippen LogP contribution < -0.4 is 5.69 Å². The standard InChI is InChI=1S/C18H23N3O2/c22-17-16-12-14-6-2-3-7-15(14)13-21(16)18(23)20(17)11-10-19-8-4-1-5-9-19/h2-3,6-7,22H,1,4-5,8-13H2. The van der Waals surface area contributed by atoms with Gasteiger partial charge in [-0.3, -0.25) is 9.13 Å². The Balaban J connectivity index is 1.58. The van der Waals surface area contributed by atoms with E-state index in [0.717, 1.165) is 25.3 Å². The number of fused-ring (bicyclic) bond motifs is 2. The predicted molar refractivity (Wildman–Crippen MR) is 89.0 cm³/mol. The van der Waals surface area contributed by atoms with Gasteiger partial charge in [-0.1, -0.05) is 30.7 Å². The first-order valence-electron chi connectivity index (χ1n) is 8.54. The largest absolute Gasteiger partial charge is 0.493 e. The summed E-state index contributed by atoms with van der Waals surface area (Å²) in [6.07, 6.45) is 4.42. The minimum absolute atomic E-state index is 0.0796. The summed E-state index contributed by atoms with van der Waals surface area (Å²) >= 11 is 0. The summed E-state index contributed by atoms with van der Waals surface area (Å²) in [6, 6.07) is 8.15. The lowest BCUT2D eigenvalue weighted by atomic mass is 9.99. The van der Waals surface area contributed by atoms with E-state index in [1.165, 1.54) is 30.4 Å². The Morgan fingerprint density at radius 2 is 1.74 bits per heavy atom. The zero-order valence-corrected chi connectivity index (χ0v) is 13.4. The molecule has 122 valence electrons. The van der Waals surface area contributed by atoms with Gasteiger partial charge in [0.15, 0.2) is 0 Å². The lowest BCUT2D eigenvalue weighted by Crippen LogP contribution is -2.35. The summed E-state index contributed by atoms with van der Waals surface area (Å²) in [5.74, 6) is 0.154. The van der Waals surface area contributed by atoms with Crippen molar-refractivity contribution in [3.8, 4) is 5.88 Å². The maximum absolute atomic E-state index is 12.7. The Hall–Kier alpha value is -2.01. The molecule has 0 atom stereocenters. The zero-order valence-electron chi connectivity index (χ0n) is 13.4. The van der Waals surface area contributed by atoms with Crippen LogP contribution in [0.2, 0.25) is 0 Å². The van der Waals surface area contributed by atoms with E-state index < -0.39 is 0 Å². The maximum atomic E-state index is 12.7. The number of nitrogens with zero attached hydrogens (tertiary/aromatic N) is 3. The fourth-order valence-electron chi connectivity index (χ4n) is 3.83. The molecular formula is C18H23N3O2. The molecule has 0 amide bonds. The van der Waals surface area contributed by atoms with Crippen LogP contribution in [-0.2, 0) is 19.5 Å². The minimum atomic E-state index is -0.0796. The Bertz CT molecular complexity index is 769. The van der Waals surface area contributed by atoms with Gasteiger partial charge in [0.1, 0.15) is 0 Å². The van der Waals surface area contributed by atoms with Gasteiger partial charge >= 0.3 is 5.69 Å². The van der Waals surface area contributed by atoms with Crippen molar-refractivity contribution in [2.24, 2.45) is 0 Å². The second kappa shape index (κ2) is 5.89. The SMILES string of the molecule is O=c1n(CCN2CCCCC2)c(O)c2n1Cc1ccccc1C2. The maximum Gasteiger partial charge on any atom is 0.331 e. The first-order chi connectivity index (χ1) is 11.2. The Morgan fingerprint density at radius 3 is 2.52 bits per heavy atom. The third-order valence-electron chi connectivity index (χ3n) is 5.19. The average Bonchev–Trinajstić information content (AvgIpc) is 2.83. The van der Waals surface area contributed by atoms with E-state index in [1.807, 2.05) is 12.1 Å². The van der Waals surface area contributed by atoms with Crippen molar-refractivity contribution in [3.63, 3.8) is 0 Å². The fraction of sp³-hybridized carbons (Fsp3) is 0.500. The van der Waals surface area contributed by atoms with Gasteiger partial charge in [-0.2, -0.15) is 0 Å². The lowest BCUT2D eigenvalue weighted by Gasteiger charge is -2.26. The van der Waals surface area contributed by atoms with Gasteiger partial charge in [0.05, 0.1) is 12.2 Å². The van der Waals surface area contributed by atoms with Crippen molar-refractivity contribution in [1.29, 1.82) is 0 Å². The average molecular weight is 313 g/mol. The van der Waals surface area contributed by atoms with Crippen LogP contribution in [0.25, 0.3) is 0 Å². The van der Waals surface area contributed by atoms with Gasteiger partial charge in [-0.15, -0.1) is 0 Å². The number of piperidine rings is 1. The number of likely N-dealkylation sites (tertiary alicyclic amines) is 1. The molecule has 1 fully saturated rings. The molecule has 0 spiro atoms. The van der Waals surface area contributed by atoms with Crippen molar-refractivity contribution in [3.05, 3.63) is 51.6 Å². The smallest absolute Gasteiger partial charge is 0.331 e. The number of imidazole rings is 1. The molecule has 1 aromatic carbocycles. The molecule has 1 saturated heterocycles. The highest BCUT2D eigenvalue weighted by molar-refractivity contribution is 5.38. The molecule has 1 aromatic heterocycles. The first kappa shape index (κ1) is 14.6. The van der Waals surface area contributed by atoms with Crippen LogP contribution in [0.15, 0.2) is 29.1 Å². The lowest BCUT2D eigenvalue weighted by molar-refractivity contribution is 0.216. The zero-order chi connectivity index (χ0) is 15.8. The van der Waals surface area contributed by atoms with Gasteiger partial charge in [-0.05, 0) is 37.1 Å². The van der Waals surface area contributed by atoms with Crippen molar-refractivity contribution in [2.45, 2.75) is 38.8 Å². The number of hydrogen-bond donors (Lipinski definition) is 1. The molecule has 5 heteroatoms. The number of benzene rings is 1. The molecule has 0 radical (unpaired) electrons. The van der Waals surface area contributed by atoms with E-state index >= 15 is 0 Å². The van der Waals surface area contributed by atoms with Gasteiger partial charge in [0.25, 0.3) is 0 Å². The molecule has 2 aliphatic rings. The molecule has 0 unspecified atom stereocenters. The van der Waals surface area contributed by atoms with Crippen LogP contribution in [0.1, 0.15) is 36.1 Å². The highest BCUT2D eigenvalue weighted by Crippen LogP contribution is 2.27. The fourth-order valence-corrected chi connectivity index (χ4v) is 3.83. The van der Waals surface area contributed by atoms with Crippen LogP contribution in [-0.4, -0.2) is 38.8 Å². The molecule has 1 N–H and O–H groups in total. The molecule has 23 heavy (non-hydrogen) atoms. The third-order valence-corrected chi connectivity index (χ3v) is 5.19. The summed E-state index contributed by atoms with van der Waals surface area (Å²) in [5, 5.41) is 10.5. The van der Waals surface area contributed by atoms with Crippen LogP contribution in [0.3, 0.4) is 0 Å². The molecule has 5 nitrogen and oxygen atoms in total. The molecule has 0 bridgehead atoms. The van der Waals surface area contributed by atoms with E-state index in [-0.39, 0.29) is 11.6 Å². The van der Waals surface area contributed by atoms with E-state index in [0.29, 0.717) is 19.5 Å². The van der Waals surface area contributed by atoms with Crippen LogP contribution >= 0.6 is 0 Å². The van der Waals surface area contributed by atoms with Crippen molar-refractivity contribution >= 4 is 0 Å². The Morgan fingerprint density at radius 1 is 1.00 bits per heavy atom. The van der Waals surface area contributed by atoms with Gasteiger partial charge < -0.3 is 10.0 Å². The van der Waals surface area contributed by atoms with E-state index in [4.69, 9.17) is 0 Å². The molecule has 0 aliphatic carbocycles. The number of hydrogen-bond acceptors (Lipinski definition) is 3. The van der Waals surface area contributed by atoms with Crippen molar-refractivity contribution in [2.75, 3.05) is 19.6 Å². The van der Waals surface area contributed by atoms with Crippen molar-refractivity contribution < 1.29 is 5.11 Å². The first-order valence-corrected chi connectivity index (χ1v) is 8.54. The molecular weight excluding hydrogens is 290 g/mol. The summed E-state index contributed by atoms with van der Waals surface area (Å²) in [5.41, 5.74) is 3.06. The second-order valence-corrected chi connectivity index (χ2v) is 6.64. The van der Waals surface area contributed by atoms with E-state index in [2.05, 4.69) is 17.0 Å². The second-order valence-electron chi connectivity index (χ2n) is 6.64. The van der Waals surface area contributed by atoms with Crippen LogP contribution in [0.5, 0.6) is 5.88 Å². The number of rotatable bonds is 3. The van der Waals surface area contributed by atoms with Crippen LogP contribution in [0.4, 0.5) is 0 Å². The Kier molecular flexibility index (Phi) is 3.73. The molecule has 3 heterocycles. The highest BCUT2D eigenvalue weighted by atomic mass is 16.3. The van der Waals surface area contributed by atoms with E-state index in [1.54, 1.807) is 9.13 Å². The third kappa shape index (κ3) is 2.59. The van der Waals surface area contributed by atoms with Gasteiger partial charge in [-0.25, -0.2) is 4.79 Å². The predicted octanol–water partition coefficient (Wildman–Crippen LogP) is 1.79. The molecule has 2 aliphatic heterocycles. The number of aromatic hydroxyl groups is 1. The molecule has 2 aromatic rings. The quantitative estimate of drug-likeness (QED) is 0.802. The van der Waals surface area contributed by atoms with Gasteiger partial charge in [0.2, 0.25) is 5.88 Å². The summed E-state index contributed by atoms with van der Waals surface area (Å²) < 4.78 is 3.28. The molecule has 4 rings (SSSR count). The van der Waals surface area contributed by atoms with E-state index in [9.17, 15) is 9.90 Å². The summed E-state index contributed by atoms with van der Waals surface area (Å²) in [4.78, 5) is 15.1. The topological polar surface area (TPSA) is 50.4 Å². The summed E-state index contributed by atoms with van der Waals surface area (Å²) in [7, 11) is 0. The molecule has 0 saturated carbocycles. The summed E-state index contributed by atoms with van der Waals surface area (Å²) in [6.45, 7) is 4.18. The Labute approximate surface area is 135 Å². The van der Waals surface area contributed by atoms with Crippen LogP contribution in [0, 0.1) is 0 Å². The normalized spacial score (nSPS) is 17.7. The monoisotopic (exact) mass is 313 g/mol. The van der Waals surface area contributed by atoms with Gasteiger partial charge in [0, 0.05) is 19.5 Å². The minimum Gasteiger partial charge on any atom is -0.493 e. The number of aromatic nitrogens is 2.